The number of hydrogen-bond donors (Lipinski definition) is 2. The van der Waals surface area contributed by atoms with Gasteiger partial charge in [-0.25, -0.2) is 9.97 Å². The molecule has 0 spiro atoms. The molecule has 0 unspecified atom stereocenters. The van der Waals surface area contributed by atoms with Gasteiger partial charge >= 0.3 is 0 Å². The summed E-state index contributed by atoms with van der Waals surface area (Å²) >= 11 is 5.78. The molecule has 20 heavy (non-hydrogen) atoms. The van der Waals surface area contributed by atoms with Gasteiger partial charge in [-0.2, -0.15) is 0 Å². The molecule has 0 aliphatic rings. The summed E-state index contributed by atoms with van der Waals surface area (Å²) in [6.07, 6.45) is 0. The van der Waals surface area contributed by atoms with Gasteiger partial charge in [-0.15, -0.1) is 0 Å². The van der Waals surface area contributed by atoms with Crippen molar-refractivity contribution in [1.29, 1.82) is 0 Å². The van der Waals surface area contributed by atoms with E-state index in [1.165, 1.54) is 0 Å². The number of ether oxygens (including phenoxy) is 1. The molecule has 0 saturated heterocycles. The van der Waals surface area contributed by atoms with Crippen LogP contribution in [0.25, 0.3) is 0 Å². The zero-order valence-electron chi connectivity index (χ0n) is 10.8. The van der Waals surface area contributed by atoms with Crippen molar-refractivity contribution < 1.29 is 9.53 Å². The van der Waals surface area contributed by atoms with Crippen LogP contribution in [0.5, 0.6) is 5.75 Å². The summed E-state index contributed by atoms with van der Waals surface area (Å²) < 4.78 is 5.54. The van der Waals surface area contributed by atoms with E-state index in [0.717, 1.165) is 0 Å². The fourth-order valence-corrected chi connectivity index (χ4v) is 1.89. The minimum Gasteiger partial charge on any atom is -0.487 e. The van der Waals surface area contributed by atoms with Crippen LogP contribution in [0.1, 0.15) is 21.7 Å². The summed E-state index contributed by atoms with van der Waals surface area (Å²) in [6, 6.07) is 6.82. The second kappa shape index (κ2) is 5.75. The maximum Gasteiger partial charge on any atom is 0.252 e. The number of nitrogens with two attached hydrogens (primary N) is 2. The molecule has 0 atom stereocenters. The highest BCUT2D eigenvalue weighted by atomic mass is 35.5. The summed E-state index contributed by atoms with van der Waals surface area (Å²) in [5.41, 5.74) is 11.9. The highest BCUT2D eigenvalue weighted by molar-refractivity contribution is 6.30. The van der Waals surface area contributed by atoms with Crippen molar-refractivity contribution in [1.82, 2.24) is 9.97 Å². The third-order valence-electron chi connectivity index (χ3n) is 2.62. The third kappa shape index (κ3) is 3.16. The second-order valence-electron chi connectivity index (χ2n) is 4.10. The van der Waals surface area contributed by atoms with Crippen LogP contribution < -0.4 is 16.2 Å². The van der Waals surface area contributed by atoms with E-state index >= 15 is 0 Å². The number of anilines is 1. The number of nitrogens with zero attached hydrogens (tertiary/aromatic N) is 2. The van der Waals surface area contributed by atoms with Gasteiger partial charge in [0.2, 0.25) is 5.95 Å². The quantitative estimate of drug-likeness (QED) is 0.892. The molecule has 104 valence electrons. The molecule has 6 nitrogen and oxygen atoms in total. The number of amides is 1. The van der Waals surface area contributed by atoms with E-state index < -0.39 is 5.91 Å². The molecule has 7 heteroatoms. The molecular weight excluding hydrogens is 280 g/mol. The van der Waals surface area contributed by atoms with E-state index in [1.807, 2.05) is 0 Å². The molecule has 0 aliphatic carbocycles. The van der Waals surface area contributed by atoms with Gasteiger partial charge in [-0.05, 0) is 31.2 Å². The van der Waals surface area contributed by atoms with Gasteiger partial charge in [0.15, 0.2) is 0 Å². The number of primary amides is 1. The van der Waals surface area contributed by atoms with E-state index in [1.54, 1.807) is 31.2 Å². The molecule has 2 aromatic rings. The average molecular weight is 293 g/mol. The molecule has 0 bridgehead atoms. The zero-order valence-corrected chi connectivity index (χ0v) is 11.5. The first-order chi connectivity index (χ1) is 9.47. The van der Waals surface area contributed by atoms with Crippen LogP contribution in [0.4, 0.5) is 5.95 Å². The van der Waals surface area contributed by atoms with Gasteiger partial charge in [0, 0.05) is 5.02 Å². The summed E-state index contributed by atoms with van der Waals surface area (Å²) in [6.45, 7) is 1.71. The van der Waals surface area contributed by atoms with Gasteiger partial charge in [0.25, 0.3) is 5.91 Å². The topological polar surface area (TPSA) is 104 Å². The SMILES string of the molecule is Cc1nc(N)nc(COc2ccc(Cl)cc2)c1C(N)=O. The molecule has 0 saturated carbocycles. The first kappa shape index (κ1) is 14.1. The maximum atomic E-state index is 11.4. The molecule has 1 heterocycles. The number of aryl methyl sites for hydroxylation is 1. The highest BCUT2D eigenvalue weighted by Gasteiger charge is 2.16. The van der Waals surface area contributed by atoms with E-state index in [2.05, 4.69) is 9.97 Å². The number of rotatable bonds is 4. The number of carbonyl (C=O) groups is 1. The van der Waals surface area contributed by atoms with Crippen LogP contribution in [0.3, 0.4) is 0 Å². The number of halogens is 1. The number of benzene rings is 1. The fraction of sp³-hybridized carbons (Fsp3) is 0.154. The molecule has 1 amide bonds. The highest BCUT2D eigenvalue weighted by Crippen LogP contribution is 2.18. The van der Waals surface area contributed by atoms with E-state index in [-0.39, 0.29) is 18.1 Å². The summed E-state index contributed by atoms with van der Waals surface area (Å²) in [4.78, 5) is 19.4. The number of hydrogen-bond acceptors (Lipinski definition) is 5. The number of nitrogen functional groups attached to an aromatic ring is 1. The number of carbonyl (C=O) groups excluding carboxylic acids is 1. The Kier molecular flexibility index (Phi) is 4.05. The Morgan fingerprint density at radius 1 is 1.30 bits per heavy atom. The first-order valence-corrected chi connectivity index (χ1v) is 6.16. The normalized spacial score (nSPS) is 10.3. The van der Waals surface area contributed by atoms with Gasteiger partial charge in [-0.3, -0.25) is 4.79 Å². The molecule has 1 aromatic carbocycles. The number of aromatic nitrogens is 2. The van der Waals surface area contributed by atoms with Crippen LogP contribution in [0, 0.1) is 6.92 Å². The van der Waals surface area contributed by atoms with Crippen LogP contribution in [-0.2, 0) is 6.61 Å². The summed E-state index contributed by atoms with van der Waals surface area (Å²) in [5.74, 6) is 0.0547. The molecule has 4 N–H and O–H groups in total. The predicted molar refractivity (Wildman–Crippen MR) is 75.5 cm³/mol. The van der Waals surface area contributed by atoms with Crippen molar-refractivity contribution in [2.24, 2.45) is 5.73 Å². The minimum atomic E-state index is -0.614. The van der Waals surface area contributed by atoms with Gasteiger partial charge in [0.1, 0.15) is 12.4 Å². The third-order valence-corrected chi connectivity index (χ3v) is 2.87. The fourth-order valence-electron chi connectivity index (χ4n) is 1.76. The Bertz CT molecular complexity index is 644. The van der Waals surface area contributed by atoms with Gasteiger partial charge in [0.05, 0.1) is 17.0 Å². The smallest absolute Gasteiger partial charge is 0.252 e. The lowest BCUT2D eigenvalue weighted by Gasteiger charge is -2.10. The maximum absolute atomic E-state index is 11.4. The lowest BCUT2D eigenvalue weighted by Crippen LogP contribution is -2.20. The average Bonchev–Trinajstić information content (AvgIpc) is 2.36. The van der Waals surface area contributed by atoms with Crippen LogP contribution in [-0.4, -0.2) is 15.9 Å². The van der Waals surface area contributed by atoms with Gasteiger partial charge < -0.3 is 16.2 Å². The van der Waals surface area contributed by atoms with E-state index in [0.29, 0.717) is 22.2 Å². The lowest BCUT2D eigenvalue weighted by atomic mass is 10.1. The molecule has 0 fully saturated rings. The predicted octanol–water partition coefficient (Wildman–Crippen LogP) is 1.70. The van der Waals surface area contributed by atoms with E-state index in [4.69, 9.17) is 27.8 Å². The second-order valence-corrected chi connectivity index (χ2v) is 4.53. The van der Waals surface area contributed by atoms with Crippen molar-refractivity contribution in [3.05, 3.63) is 46.2 Å². The van der Waals surface area contributed by atoms with Crippen LogP contribution in [0.15, 0.2) is 24.3 Å². The van der Waals surface area contributed by atoms with Crippen LogP contribution >= 0.6 is 11.6 Å². The minimum absolute atomic E-state index is 0.0630. The van der Waals surface area contributed by atoms with E-state index in [9.17, 15) is 4.79 Å². The largest absolute Gasteiger partial charge is 0.487 e. The Morgan fingerprint density at radius 2 is 1.95 bits per heavy atom. The van der Waals surface area contributed by atoms with Crippen molar-refractivity contribution in [3.63, 3.8) is 0 Å². The standard InChI is InChI=1S/C13H13ClN4O2/c1-7-11(12(15)19)10(18-13(16)17-7)6-20-9-4-2-8(14)3-5-9/h2-5H,6H2,1H3,(H2,15,19)(H2,16,17,18). The Labute approximate surface area is 120 Å². The Morgan fingerprint density at radius 3 is 2.55 bits per heavy atom. The van der Waals surface area contributed by atoms with Crippen molar-refractivity contribution in [3.8, 4) is 5.75 Å². The Hall–Kier alpha value is -2.34. The van der Waals surface area contributed by atoms with Crippen molar-refractivity contribution >= 4 is 23.5 Å². The molecule has 0 radical (unpaired) electrons. The molecule has 2 rings (SSSR count). The molecular formula is C13H13ClN4O2. The molecule has 0 aliphatic heterocycles. The zero-order chi connectivity index (χ0) is 14.7. The Balaban J connectivity index is 2.24. The first-order valence-electron chi connectivity index (χ1n) is 5.78. The van der Waals surface area contributed by atoms with Gasteiger partial charge in [-0.1, -0.05) is 11.6 Å². The summed E-state index contributed by atoms with van der Waals surface area (Å²) in [5, 5.41) is 0.609. The monoisotopic (exact) mass is 292 g/mol. The van der Waals surface area contributed by atoms with Crippen molar-refractivity contribution in [2.45, 2.75) is 13.5 Å². The summed E-state index contributed by atoms with van der Waals surface area (Å²) in [7, 11) is 0. The van der Waals surface area contributed by atoms with Crippen LogP contribution in [0.2, 0.25) is 5.02 Å². The lowest BCUT2D eigenvalue weighted by molar-refractivity contribution is 0.0996. The molecule has 1 aromatic heterocycles. The van der Waals surface area contributed by atoms with Crippen molar-refractivity contribution in [2.75, 3.05) is 5.73 Å².